The van der Waals surface area contributed by atoms with Gasteiger partial charge in [0.2, 0.25) is 0 Å². The van der Waals surface area contributed by atoms with Gasteiger partial charge in [-0.3, -0.25) is 0 Å². The molecule has 71 valence electrons. The van der Waals surface area contributed by atoms with E-state index in [9.17, 15) is 0 Å². The van der Waals surface area contributed by atoms with Crippen LogP contribution in [0, 0.1) is 19.2 Å². The minimum absolute atomic E-state index is 0.636. The maximum Gasteiger partial charge on any atom is 0.279 e. The predicted octanol–water partition coefficient (Wildman–Crippen LogP) is 3.35. The summed E-state index contributed by atoms with van der Waals surface area (Å²) in [5.41, 5.74) is 2.36. The maximum atomic E-state index is 5.58. The molecule has 1 aromatic heterocycles. The van der Waals surface area contributed by atoms with Gasteiger partial charge < -0.3 is 4.74 Å². The first-order valence-electron chi connectivity index (χ1n) is 4.33. The normalized spacial score (nSPS) is 10.1. The van der Waals surface area contributed by atoms with Crippen molar-refractivity contribution < 1.29 is 4.74 Å². The van der Waals surface area contributed by atoms with E-state index in [1.54, 1.807) is 6.20 Å². The largest absolute Gasteiger partial charge is 0.431 e. The van der Waals surface area contributed by atoms with Gasteiger partial charge in [-0.05, 0) is 25.5 Å². The van der Waals surface area contributed by atoms with Crippen molar-refractivity contribution in [1.82, 2.24) is 4.98 Å². The number of hydrogen-bond donors (Lipinski definition) is 0. The van der Waals surface area contributed by atoms with Crippen molar-refractivity contribution in [3.8, 4) is 10.9 Å². The summed E-state index contributed by atoms with van der Waals surface area (Å²) in [6.45, 7) is 4.09. The lowest BCUT2D eigenvalue weighted by molar-refractivity contribution is 0.475. The number of hydrogen-bond acceptors (Lipinski definition) is 3. The van der Waals surface area contributed by atoms with Crippen LogP contribution in [0.5, 0.6) is 10.9 Å². The van der Waals surface area contributed by atoms with Gasteiger partial charge in [-0.25, -0.2) is 4.98 Å². The lowest BCUT2D eigenvalue weighted by Crippen LogP contribution is -1.87. The molecule has 0 atom stereocenters. The van der Waals surface area contributed by atoms with Crippen LogP contribution in [0.15, 0.2) is 24.4 Å². The van der Waals surface area contributed by atoms with Crippen molar-refractivity contribution >= 4 is 11.3 Å². The molecule has 14 heavy (non-hydrogen) atoms. The molecule has 0 amide bonds. The summed E-state index contributed by atoms with van der Waals surface area (Å²) in [6, 6.07) is 6.08. The summed E-state index contributed by atoms with van der Waals surface area (Å²) in [4.78, 5) is 4.02. The predicted molar refractivity (Wildman–Crippen MR) is 56.9 cm³/mol. The number of thiazole rings is 1. The molecule has 0 saturated carbocycles. The van der Waals surface area contributed by atoms with Crippen LogP contribution in [-0.2, 0) is 0 Å². The third kappa shape index (κ3) is 1.93. The molecular weight excluding hydrogens is 194 g/mol. The van der Waals surface area contributed by atoms with Crippen molar-refractivity contribution in [1.29, 1.82) is 0 Å². The molecule has 2 aromatic rings. The van der Waals surface area contributed by atoms with Crippen LogP contribution in [0.2, 0.25) is 0 Å². The Morgan fingerprint density at radius 1 is 1.36 bits per heavy atom. The molecule has 0 fully saturated rings. The quantitative estimate of drug-likeness (QED) is 0.748. The van der Waals surface area contributed by atoms with Crippen LogP contribution in [-0.4, -0.2) is 4.98 Å². The zero-order valence-electron chi connectivity index (χ0n) is 8.07. The summed E-state index contributed by atoms with van der Waals surface area (Å²) >= 11 is 1.37. The molecule has 1 radical (unpaired) electrons. The van der Waals surface area contributed by atoms with E-state index in [0.717, 1.165) is 11.3 Å². The first-order valence-corrected chi connectivity index (χ1v) is 5.14. The third-order valence-electron chi connectivity index (χ3n) is 1.90. The Kier molecular flexibility index (Phi) is 2.50. The van der Waals surface area contributed by atoms with Gasteiger partial charge in [0, 0.05) is 0 Å². The standard InChI is InChI=1S/C11H10NOS/c1-8-3-4-10(9(2)7-8)13-11-12-5-6-14-11/h3-5,7H,1-2H3. The topological polar surface area (TPSA) is 22.1 Å². The summed E-state index contributed by atoms with van der Waals surface area (Å²) in [7, 11) is 0. The Bertz CT molecular complexity index is 423. The molecule has 0 unspecified atom stereocenters. The van der Waals surface area contributed by atoms with E-state index < -0.39 is 0 Å². The highest BCUT2D eigenvalue weighted by Crippen LogP contribution is 2.26. The van der Waals surface area contributed by atoms with Gasteiger partial charge in [0.25, 0.3) is 5.19 Å². The fraction of sp³-hybridized carbons (Fsp3) is 0.182. The molecule has 0 aliphatic heterocycles. The average molecular weight is 204 g/mol. The van der Waals surface area contributed by atoms with Crippen molar-refractivity contribution in [3.63, 3.8) is 0 Å². The Morgan fingerprint density at radius 2 is 2.21 bits per heavy atom. The highest BCUT2D eigenvalue weighted by atomic mass is 32.1. The van der Waals surface area contributed by atoms with Gasteiger partial charge in [0.1, 0.15) is 5.75 Å². The zero-order chi connectivity index (χ0) is 9.97. The average Bonchev–Trinajstić information content (AvgIpc) is 2.62. The van der Waals surface area contributed by atoms with Gasteiger partial charge in [-0.1, -0.05) is 29.0 Å². The molecule has 0 spiro atoms. The van der Waals surface area contributed by atoms with E-state index in [4.69, 9.17) is 4.74 Å². The van der Waals surface area contributed by atoms with Crippen LogP contribution in [0.3, 0.4) is 0 Å². The first kappa shape index (κ1) is 9.21. The lowest BCUT2D eigenvalue weighted by Gasteiger charge is -2.05. The second-order valence-electron chi connectivity index (χ2n) is 3.12. The van der Waals surface area contributed by atoms with Crippen LogP contribution >= 0.6 is 11.3 Å². The monoisotopic (exact) mass is 204 g/mol. The second kappa shape index (κ2) is 3.80. The van der Waals surface area contributed by atoms with Gasteiger partial charge in [0.15, 0.2) is 0 Å². The lowest BCUT2D eigenvalue weighted by atomic mass is 10.1. The zero-order valence-corrected chi connectivity index (χ0v) is 8.89. The Balaban J connectivity index is 2.25. The summed E-state index contributed by atoms with van der Waals surface area (Å²) in [5.74, 6) is 0.860. The molecule has 1 heterocycles. The van der Waals surface area contributed by atoms with Gasteiger partial charge in [0.05, 0.1) is 11.6 Å². The minimum atomic E-state index is 0.636. The molecule has 3 heteroatoms. The summed E-state index contributed by atoms with van der Waals surface area (Å²) in [6.07, 6.45) is 1.61. The molecule has 1 aromatic carbocycles. The number of nitrogens with zero attached hydrogens (tertiary/aromatic N) is 1. The molecule has 0 saturated heterocycles. The van der Waals surface area contributed by atoms with Crippen LogP contribution in [0.25, 0.3) is 0 Å². The van der Waals surface area contributed by atoms with E-state index in [1.807, 2.05) is 19.1 Å². The van der Waals surface area contributed by atoms with Crippen molar-refractivity contribution in [2.24, 2.45) is 0 Å². The van der Waals surface area contributed by atoms with E-state index in [2.05, 4.69) is 23.4 Å². The molecule has 0 N–H and O–H groups in total. The Hall–Kier alpha value is -1.35. The second-order valence-corrected chi connectivity index (χ2v) is 3.90. The van der Waals surface area contributed by atoms with Crippen molar-refractivity contribution in [2.75, 3.05) is 0 Å². The minimum Gasteiger partial charge on any atom is -0.431 e. The number of benzene rings is 1. The van der Waals surface area contributed by atoms with Crippen LogP contribution < -0.4 is 4.74 Å². The van der Waals surface area contributed by atoms with Gasteiger partial charge >= 0.3 is 0 Å². The highest BCUT2D eigenvalue weighted by molar-refractivity contribution is 7.10. The number of rotatable bonds is 2. The van der Waals surface area contributed by atoms with Crippen molar-refractivity contribution in [3.05, 3.63) is 40.9 Å². The highest BCUT2D eigenvalue weighted by Gasteiger charge is 2.02. The summed E-state index contributed by atoms with van der Waals surface area (Å²) < 4.78 is 5.58. The van der Waals surface area contributed by atoms with E-state index >= 15 is 0 Å². The van der Waals surface area contributed by atoms with Gasteiger partial charge in [-0.15, -0.1) is 0 Å². The SMILES string of the molecule is Cc1ccc(Oc2nc[c]s2)c(C)c1. The van der Waals surface area contributed by atoms with Crippen molar-refractivity contribution in [2.45, 2.75) is 13.8 Å². The van der Waals surface area contributed by atoms with Gasteiger partial charge in [-0.2, -0.15) is 0 Å². The maximum absolute atomic E-state index is 5.58. The molecule has 2 nitrogen and oxygen atoms in total. The number of aryl methyl sites for hydroxylation is 2. The van der Waals surface area contributed by atoms with Crippen LogP contribution in [0.1, 0.15) is 11.1 Å². The fourth-order valence-corrected chi connectivity index (χ4v) is 1.68. The third-order valence-corrected chi connectivity index (χ3v) is 2.48. The summed E-state index contributed by atoms with van der Waals surface area (Å²) in [5, 5.41) is 3.52. The first-order chi connectivity index (χ1) is 6.75. The number of ether oxygens (including phenoxy) is 1. The van der Waals surface area contributed by atoms with E-state index in [0.29, 0.717) is 5.19 Å². The smallest absolute Gasteiger partial charge is 0.279 e. The molecule has 2 rings (SSSR count). The number of aromatic nitrogens is 1. The Morgan fingerprint density at radius 3 is 2.86 bits per heavy atom. The van der Waals surface area contributed by atoms with E-state index in [1.165, 1.54) is 16.9 Å². The molecular formula is C11H10NOS. The molecule has 0 aliphatic carbocycles. The Labute approximate surface area is 87.2 Å². The molecule has 0 bridgehead atoms. The fourth-order valence-electron chi connectivity index (χ4n) is 1.24. The molecule has 0 aliphatic rings. The van der Waals surface area contributed by atoms with Crippen LogP contribution in [0.4, 0.5) is 0 Å². The van der Waals surface area contributed by atoms with E-state index in [-0.39, 0.29) is 0 Å².